The molecule has 2 aliphatic rings. The molecule has 0 bridgehead atoms. The zero-order chi connectivity index (χ0) is 27.5. The fourth-order valence-corrected chi connectivity index (χ4v) is 7.05. The molecule has 2 atom stereocenters. The van der Waals surface area contributed by atoms with Gasteiger partial charge in [-0.3, -0.25) is 14.4 Å². The molecular formula is C36H33NO3. The molecule has 4 heteroatoms. The number of nitrogens with one attached hydrogen (secondary N) is 1. The lowest BCUT2D eigenvalue weighted by atomic mass is 9.53. The molecule has 4 aromatic carbocycles. The van der Waals surface area contributed by atoms with E-state index in [0.717, 1.165) is 22.3 Å². The first kappa shape index (κ1) is 26.1. The molecule has 40 heavy (non-hydrogen) atoms. The van der Waals surface area contributed by atoms with Crippen molar-refractivity contribution in [2.24, 2.45) is 17.3 Å². The molecule has 200 valence electrons. The van der Waals surface area contributed by atoms with Gasteiger partial charge in [0.15, 0.2) is 11.6 Å². The number of carbonyl (C=O) groups excluding carboxylic acids is 3. The summed E-state index contributed by atoms with van der Waals surface area (Å²) >= 11 is 0. The number of fused-ring (bicyclic) bond motifs is 1. The van der Waals surface area contributed by atoms with Gasteiger partial charge in [0.25, 0.3) is 0 Å². The van der Waals surface area contributed by atoms with Crippen molar-refractivity contribution in [1.29, 1.82) is 0 Å². The van der Waals surface area contributed by atoms with E-state index < -0.39 is 23.2 Å². The molecule has 0 radical (unpaired) electrons. The van der Waals surface area contributed by atoms with Crippen LogP contribution >= 0.6 is 0 Å². The Labute approximate surface area is 235 Å². The van der Waals surface area contributed by atoms with Gasteiger partial charge in [-0.1, -0.05) is 121 Å². The van der Waals surface area contributed by atoms with E-state index in [-0.39, 0.29) is 36.1 Å². The Bertz CT molecular complexity index is 1310. The third-order valence-electron chi connectivity index (χ3n) is 8.96. The largest absolute Gasteiger partial charge is 0.316 e. The van der Waals surface area contributed by atoms with Gasteiger partial charge in [-0.2, -0.15) is 0 Å². The quantitative estimate of drug-likeness (QED) is 0.287. The van der Waals surface area contributed by atoms with Crippen LogP contribution < -0.4 is 5.32 Å². The highest BCUT2D eigenvalue weighted by Gasteiger charge is 2.61. The monoisotopic (exact) mass is 527 g/mol. The second-order valence-electron chi connectivity index (χ2n) is 11.0. The van der Waals surface area contributed by atoms with E-state index in [1.54, 1.807) is 0 Å². The molecule has 4 nitrogen and oxygen atoms in total. The minimum atomic E-state index is -1.32. The van der Waals surface area contributed by atoms with Crippen molar-refractivity contribution in [3.05, 3.63) is 144 Å². The predicted octanol–water partition coefficient (Wildman–Crippen LogP) is 5.97. The number of hydrogen-bond donors (Lipinski definition) is 1. The molecule has 1 saturated heterocycles. The molecule has 0 aromatic heterocycles. The zero-order valence-electron chi connectivity index (χ0n) is 22.4. The van der Waals surface area contributed by atoms with Crippen LogP contribution in [0.3, 0.4) is 0 Å². The summed E-state index contributed by atoms with van der Waals surface area (Å²) in [5.41, 5.74) is 2.12. The van der Waals surface area contributed by atoms with Gasteiger partial charge < -0.3 is 5.32 Å². The lowest BCUT2D eigenvalue weighted by Gasteiger charge is -2.45. The van der Waals surface area contributed by atoms with Crippen LogP contribution in [0, 0.1) is 17.3 Å². The second-order valence-corrected chi connectivity index (χ2v) is 11.0. The smallest absolute Gasteiger partial charge is 0.158 e. The molecule has 0 unspecified atom stereocenters. The van der Waals surface area contributed by atoms with Gasteiger partial charge >= 0.3 is 0 Å². The number of ketones is 3. The number of Topliss-reactive ketones (excluding diaryl/α,β-unsaturated/α-hetero) is 3. The van der Waals surface area contributed by atoms with Crippen molar-refractivity contribution in [1.82, 2.24) is 5.32 Å². The first-order chi connectivity index (χ1) is 19.6. The lowest BCUT2D eigenvalue weighted by molar-refractivity contribution is -0.152. The third-order valence-corrected chi connectivity index (χ3v) is 8.96. The van der Waals surface area contributed by atoms with Crippen molar-refractivity contribution in [2.75, 3.05) is 13.1 Å². The summed E-state index contributed by atoms with van der Waals surface area (Å²) < 4.78 is 0. The standard InChI is InChI=1S/C36H33NO3/c38-31-21-22-36(30-24-37-23-29(30)31,34(39)32(25-13-5-1-6-14-25)26-15-7-2-8-16-26)35(40)33(27-17-9-3-10-18-27)28-19-11-4-12-20-28/h1-20,29-30,32-33,37H,21-24H2/t29-,30+/m0/s1. The van der Waals surface area contributed by atoms with Gasteiger partial charge in [-0.05, 0) is 28.7 Å². The number of carbonyl (C=O) groups is 3. The first-order valence-corrected chi connectivity index (χ1v) is 14.1. The van der Waals surface area contributed by atoms with Gasteiger partial charge in [-0.15, -0.1) is 0 Å². The fourth-order valence-electron chi connectivity index (χ4n) is 7.05. The highest BCUT2D eigenvalue weighted by molar-refractivity contribution is 6.15. The summed E-state index contributed by atoms with van der Waals surface area (Å²) in [6.07, 6.45) is 0.464. The van der Waals surface area contributed by atoms with Crippen LogP contribution in [0.15, 0.2) is 121 Å². The number of hydrogen-bond acceptors (Lipinski definition) is 4. The molecule has 6 rings (SSSR count). The third kappa shape index (κ3) is 4.52. The summed E-state index contributed by atoms with van der Waals surface area (Å²) in [4.78, 5) is 43.8. The van der Waals surface area contributed by atoms with E-state index in [0.29, 0.717) is 13.1 Å². The Kier molecular flexibility index (Phi) is 7.27. The van der Waals surface area contributed by atoms with Gasteiger partial charge in [-0.25, -0.2) is 0 Å². The van der Waals surface area contributed by atoms with Gasteiger partial charge in [0.2, 0.25) is 0 Å². The molecule has 0 amide bonds. The minimum Gasteiger partial charge on any atom is -0.316 e. The van der Waals surface area contributed by atoms with Crippen LogP contribution in [0.4, 0.5) is 0 Å². The normalized spacial score (nSPS) is 19.9. The Morgan fingerprint density at radius 1 is 0.600 bits per heavy atom. The molecule has 1 aliphatic heterocycles. The average Bonchev–Trinajstić information content (AvgIpc) is 3.52. The van der Waals surface area contributed by atoms with Crippen molar-refractivity contribution >= 4 is 17.3 Å². The van der Waals surface area contributed by atoms with Crippen LogP contribution in [0.2, 0.25) is 0 Å². The van der Waals surface area contributed by atoms with Gasteiger partial charge in [0, 0.05) is 31.3 Å². The highest BCUT2D eigenvalue weighted by Crippen LogP contribution is 2.52. The van der Waals surface area contributed by atoms with Crippen molar-refractivity contribution in [2.45, 2.75) is 24.7 Å². The Balaban J connectivity index is 1.57. The summed E-state index contributed by atoms with van der Waals surface area (Å²) in [7, 11) is 0. The summed E-state index contributed by atoms with van der Waals surface area (Å²) in [6.45, 7) is 0.981. The fraction of sp³-hybridized carbons (Fsp3) is 0.250. The summed E-state index contributed by atoms with van der Waals surface area (Å²) in [6, 6.07) is 39.0. The van der Waals surface area contributed by atoms with E-state index in [1.807, 2.05) is 121 Å². The molecule has 1 saturated carbocycles. The van der Waals surface area contributed by atoms with Crippen LogP contribution in [0.25, 0.3) is 0 Å². The topological polar surface area (TPSA) is 63.2 Å². The van der Waals surface area contributed by atoms with E-state index in [1.165, 1.54) is 0 Å². The predicted molar refractivity (Wildman–Crippen MR) is 156 cm³/mol. The van der Waals surface area contributed by atoms with Crippen LogP contribution in [0.1, 0.15) is 46.9 Å². The Hall–Kier alpha value is -4.15. The minimum absolute atomic E-state index is 0.0991. The molecule has 0 spiro atoms. The summed E-state index contributed by atoms with van der Waals surface area (Å²) in [5.74, 6) is -2.02. The number of rotatable bonds is 8. The van der Waals surface area contributed by atoms with Gasteiger partial charge in [0.05, 0.1) is 17.3 Å². The summed E-state index contributed by atoms with van der Waals surface area (Å²) in [5, 5.41) is 3.37. The van der Waals surface area contributed by atoms with Crippen LogP contribution in [-0.4, -0.2) is 30.4 Å². The maximum atomic E-state index is 15.3. The average molecular weight is 528 g/mol. The molecule has 1 aliphatic carbocycles. The van der Waals surface area contributed by atoms with Crippen molar-refractivity contribution < 1.29 is 14.4 Å². The van der Waals surface area contributed by atoms with E-state index in [2.05, 4.69) is 5.32 Å². The second kappa shape index (κ2) is 11.1. The van der Waals surface area contributed by atoms with E-state index >= 15 is 9.59 Å². The van der Waals surface area contributed by atoms with E-state index in [9.17, 15) is 4.79 Å². The maximum absolute atomic E-state index is 15.3. The van der Waals surface area contributed by atoms with Gasteiger partial charge in [0.1, 0.15) is 5.78 Å². The molecule has 2 fully saturated rings. The maximum Gasteiger partial charge on any atom is 0.158 e. The Morgan fingerprint density at radius 3 is 1.35 bits per heavy atom. The molecule has 1 N–H and O–H groups in total. The molecule has 4 aromatic rings. The first-order valence-electron chi connectivity index (χ1n) is 14.1. The van der Waals surface area contributed by atoms with Crippen molar-refractivity contribution in [3.8, 4) is 0 Å². The SMILES string of the molecule is O=C1CCC(C(=O)C(c2ccccc2)c2ccccc2)(C(=O)C(c2ccccc2)c2ccccc2)[C@@H]2CNC[C@H]12. The Morgan fingerprint density at radius 2 is 0.975 bits per heavy atom. The zero-order valence-corrected chi connectivity index (χ0v) is 22.4. The highest BCUT2D eigenvalue weighted by atomic mass is 16.2. The molecular weight excluding hydrogens is 494 g/mol. The van der Waals surface area contributed by atoms with Crippen molar-refractivity contribution in [3.63, 3.8) is 0 Å². The lowest BCUT2D eigenvalue weighted by Crippen LogP contribution is -2.56. The van der Waals surface area contributed by atoms with Crippen LogP contribution in [-0.2, 0) is 14.4 Å². The number of benzene rings is 4. The molecule has 1 heterocycles. The van der Waals surface area contributed by atoms with E-state index in [4.69, 9.17) is 0 Å². The van der Waals surface area contributed by atoms with Crippen LogP contribution in [0.5, 0.6) is 0 Å².